The number of amides is 1. The van der Waals surface area contributed by atoms with Gasteiger partial charge in [-0.25, -0.2) is 0 Å². The highest BCUT2D eigenvalue weighted by Gasteiger charge is 2.65. The quantitative estimate of drug-likeness (QED) is 0.264. The molecule has 0 spiro atoms. The molecule has 4 rings (SSSR count). The molecule has 200 valence electrons. The van der Waals surface area contributed by atoms with Crippen LogP contribution in [0.1, 0.15) is 78.6 Å². The number of hydrogen-bond donors (Lipinski definition) is 4. The molecule has 11 atom stereocenters. The van der Waals surface area contributed by atoms with Crippen molar-refractivity contribution in [2.75, 3.05) is 7.05 Å². The lowest BCUT2D eigenvalue weighted by Gasteiger charge is -2.63. The van der Waals surface area contributed by atoms with Crippen LogP contribution in [0.4, 0.5) is 0 Å². The van der Waals surface area contributed by atoms with Crippen LogP contribution in [0.5, 0.6) is 0 Å². The van der Waals surface area contributed by atoms with Crippen molar-refractivity contribution in [3.8, 4) is 12.3 Å². The summed E-state index contributed by atoms with van der Waals surface area (Å²) in [7, 11) is 1.62. The molecule has 4 saturated carbocycles. The molecule has 36 heavy (non-hydrogen) atoms. The normalized spacial score (nSPS) is 45.3. The molecule has 4 N–H and O–H groups in total. The second-order valence-electron chi connectivity index (χ2n) is 12.7. The first-order valence-electron chi connectivity index (χ1n) is 14.0. The van der Waals surface area contributed by atoms with Gasteiger partial charge in [0.05, 0.1) is 18.3 Å². The molecular formula is C30H46N2O4. The van der Waals surface area contributed by atoms with Crippen LogP contribution in [0, 0.1) is 58.7 Å². The van der Waals surface area contributed by atoms with Crippen LogP contribution >= 0.6 is 0 Å². The fraction of sp³-hybridized carbons (Fsp3) is 0.800. The Morgan fingerprint density at radius 3 is 2.61 bits per heavy atom. The molecule has 0 saturated heterocycles. The van der Waals surface area contributed by atoms with Crippen molar-refractivity contribution in [2.45, 2.75) is 96.9 Å². The van der Waals surface area contributed by atoms with Crippen molar-refractivity contribution >= 4 is 11.7 Å². The summed E-state index contributed by atoms with van der Waals surface area (Å²) in [5.41, 5.74) is -0.166. The van der Waals surface area contributed by atoms with Crippen molar-refractivity contribution in [1.82, 2.24) is 5.32 Å². The Labute approximate surface area is 217 Å². The molecule has 4 aliphatic carbocycles. The number of nitrogens with zero attached hydrogens (tertiary/aromatic N) is 1. The first-order chi connectivity index (χ1) is 17.1. The Balaban J connectivity index is 1.45. The SMILES string of the molecule is C#C/C=C\C(=NC)NC(=O)CC[C@@H](C)[C@H]1CCC2[C@@H]3[C@H](O)C[C@@H]4C[C@H](O)CC[C@]4(C)[C@H]3C[C@H](O)[C@@]21C. The van der Waals surface area contributed by atoms with Gasteiger partial charge >= 0.3 is 0 Å². The van der Waals surface area contributed by atoms with E-state index in [0.29, 0.717) is 35.9 Å². The number of terminal acetylenes is 1. The number of allylic oxidation sites excluding steroid dienone is 1. The van der Waals surface area contributed by atoms with Gasteiger partial charge in [-0.2, -0.15) is 0 Å². The topological polar surface area (TPSA) is 102 Å². The van der Waals surface area contributed by atoms with Crippen molar-refractivity contribution in [3.63, 3.8) is 0 Å². The van der Waals surface area contributed by atoms with E-state index in [-0.39, 0.29) is 40.8 Å². The van der Waals surface area contributed by atoms with Gasteiger partial charge in [0.15, 0.2) is 0 Å². The number of rotatable bonds is 5. The minimum absolute atomic E-state index is 0.0748. The third kappa shape index (κ3) is 4.68. The summed E-state index contributed by atoms with van der Waals surface area (Å²) in [4.78, 5) is 16.6. The summed E-state index contributed by atoms with van der Waals surface area (Å²) < 4.78 is 0. The molecule has 6 nitrogen and oxygen atoms in total. The number of fused-ring (bicyclic) bond motifs is 5. The summed E-state index contributed by atoms with van der Waals surface area (Å²) in [6.45, 7) is 6.84. The van der Waals surface area contributed by atoms with E-state index in [9.17, 15) is 20.1 Å². The lowest BCUT2D eigenvalue weighted by atomic mass is 9.43. The Morgan fingerprint density at radius 1 is 1.17 bits per heavy atom. The average Bonchev–Trinajstić information content (AvgIpc) is 3.20. The summed E-state index contributed by atoms with van der Waals surface area (Å²) >= 11 is 0. The van der Waals surface area contributed by atoms with Crippen LogP contribution in [0.25, 0.3) is 0 Å². The summed E-state index contributed by atoms with van der Waals surface area (Å²) in [5, 5.41) is 36.2. The molecule has 1 amide bonds. The highest BCUT2D eigenvalue weighted by molar-refractivity contribution is 6.04. The van der Waals surface area contributed by atoms with Crippen LogP contribution in [-0.4, -0.2) is 52.4 Å². The van der Waals surface area contributed by atoms with Crippen molar-refractivity contribution in [1.29, 1.82) is 0 Å². The molecule has 6 heteroatoms. The molecule has 0 heterocycles. The third-order valence-electron chi connectivity index (χ3n) is 11.2. The number of aliphatic imine (C=N–C) groups is 1. The van der Waals surface area contributed by atoms with Gasteiger partial charge in [0.2, 0.25) is 5.91 Å². The van der Waals surface area contributed by atoms with E-state index in [0.717, 1.165) is 51.4 Å². The first-order valence-corrected chi connectivity index (χ1v) is 14.0. The van der Waals surface area contributed by atoms with E-state index in [1.165, 1.54) is 6.08 Å². The number of aliphatic hydroxyl groups excluding tert-OH is 3. The Kier molecular flexibility index (Phi) is 8.05. The van der Waals surface area contributed by atoms with Crippen LogP contribution < -0.4 is 5.32 Å². The molecular weight excluding hydrogens is 452 g/mol. The van der Waals surface area contributed by atoms with Gasteiger partial charge in [-0.15, -0.1) is 6.42 Å². The average molecular weight is 499 g/mol. The van der Waals surface area contributed by atoms with E-state index in [2.05, 4.69) is 37.0 Å². The summed E-state index contributed by atoms with van der Waals surface area (Å²) in [5.74, 6) is 4.52. The highest BCUT2D eigenvalue weighted by atomic mass is 16.3. The second-order valence-corrected chi connectivity index (χ2v) is 12.7. The Bertz CT molecular complexity index is 924. The standard InChI is InChI=1S/C30H46N2O4/c1-6-7-8-26(31-5)32-27(36)12-9-18(2)21-10-11-22-28-23(17-25(35)30(21,22)4)29(3)14-13-20(33)15-19(29)16-24(28)34/h1,7-8,18-25,28,33-35H,9-17H2,2-5H3,(H,31,32,36)/b8-7-/t18-,19+,20-,21-,22?,23+,24-,25+,28+,29+,30-/m1/s1. The summed E-state index contributed by atoms with van der Waals surface area (Å²) in [6, 6.07) is 0. The predicted molar refractivity (Wildman–Crippen MR) is 142 cm³/mol. The van der Waals surface area contributed by atoms with E-state index < -0.39 is 6.10 Å². The van der Waals surface area contributed by atoms with Gasteiger partial charge < -0.3 is 20.6 Å². The second kappa shape index (κ2) is 10.6. The van der Waals surface area contributed by atoms with Crippen LogP contribution in [0.3, 0.4) is 0 Å². The van der Waals surface area contributed by atoms with E-state index >= 15 is 0 Å². The Hall–Kier alpha value is -1.68. The van der Waals surface area contributed by atoms with Crippen LogP contribution in [0.2, 0.25) is 0 Å². The van der Waals surface area contributed by atoms with Gasteiger partial charge in [-0.05, 0) is 110 Å². The number of hydrogen-bond acceptors (Lipinski definition) is 5. The maximum Gasteiger partial charge on any atom is 0.225 e. The number of amidine groups is 1. The molecule has 0 aromatic heterocycles. The molecule has 0 aromatic carbocycles. The van der Waals surface area contributed by atoms with Crippen LogP contribution in [0.15, 0.2) is 17.1 Å². The largest absolute Gasteiger partial charge is 0.393 e. The zero-order valence-electron chi connectivity index (χ0n) is 22.5. The highest BCUT2D eigenvalue weighted by Crippen LogP contribution is 2.68. The number of aliphatic hydroxyl groups is 3. The van der Waals surface area contributed by atoms with E-state index in [1.807, 2.05) is 0 Å². The van der Waals surface area contributed by atoms with Crippen molar-refractivity contribution < 1.29 is 20.1 Å². The van der Waals surface area contributed by atoms with Gasteiger partial charge in [-0.1, -0.05) is 26.7 Å². The maximum absolute atomic E-state index is 12.6. The number of carbonyl (C=O) groups is 1. The van der Waals surface area contributed by atoms with Gasteiger partial charge in [0.1, 0.15) is 5.84 Å². The lowest BCUT2D eigenvalue weighted by molar-refractivity contribution is -0.207. The molecule has 4 aliphatic rings. The Morgan fingerprint density at radius 2 is 1.92 bits per heavy atom. The molecule has 0 bridgehead atoms. The predicted octanol–water partition coefficient (Wildman–Crippen LogP) is 3.70. The molecule has 0 aliphatic heterocycles. The minimum atomic E-state index is -0.408. The first kappa shape index (κ1) is 27.4. The van der Waals surface area contributed by atoms with Crippen LogP contribution in [-0.2, 0) is 4.79 Å². The molecule has 1 unspecified atom stereocenters. The fourth-order valence-corrected chi connectivity index (χ4v) is 9.20. The zero-order chi connectivity index (χ0) is 26.3. The fourth-order valence-electron chi connectivity index (χ4n) is 9.20. The zero-order valence-corrected chi connectivity index (χ0v) is 22.5. The van der Waals surface area contributed by atoms with E-state index in [1.54, 1.807) is 13.1 Å². The van der Waals surface area contributed by atoms with Gasteiger partial charge in [0.25, 0.3) is 0 Å². The molecule has 4 fully saturated rings. The van der Waals surface area contributed by atoms with Crippen molar-refractivity contribution in [2.24, 2.45) is 51.3 Å². The smallest absolute Gasteiger partial charge is 0.225 e. The maximum atomic E-state index is 12.6. The number of nitrogens with one attached hydrogen (secondary N) is 1. The van der Waals surface area contributed by atoms with Gasteiger partial charge in [0, 0.05) is 13.5 Å². The third-order valence-corrected chi connectivity index (χ3v) is 11.2. The van der Waals surface area contributed by atoms with Crippen molar-refractivity contribution in [3.05, 3.63) is 12.2 Å². The lowest BCUT2D eigenvalue weighted by Crippen LogP contribution is -2.62. The van der Waals surface area contributed by atoms with E-state index in [4.69, 9.17) is 6.42 Å². The summed E-state index contributed by atoms with van der Waals surface area (Å²) in [6.07, 6.45) is 14.7. The van der Waals surface area contributed by atoms with Gasteiger partial charge in [-0.3, -0.25) is 9.79 Å². The minimum Gasteiger partial charge on any atom is -0.393 e. The molecule has 0 radical (unpaired) electrons. The monoisotopic (exact) mass is 498 g/mol. The number of carbonyl (C=O) groups excluding carboxylic acids is 1. The molecule has 0 aromatic rings.